The summed E-state index contributed by atoms with van der Waals surface area (Å²) < 4.78 is 20.6. The van der Waals surface area contributed by atoms with Crippen molar-refractivity contribution in [2.24, 2.45) is 16.6 Å². The fourth-order valence-corrected chi connectivity index (χ4v) is 4.79. The molecule has 2 aromatic rings. The van der Waals surface area contributed by atoms with Crippen molar-refractivity contribution in [3.05, 3.63) is 59.9 Å². The van der Waals surface area contributed by atoms with Crippen molar-refractivity contribution in [2.45, 2.75) is 18.6 Å². The summed E-state index contributed by atoms with van der Waals surface area (Å²) in [7, 11) is 0. The number of benzene rings is 2. The van der Waals surface area contributed by atoms with Gasteiger partial charge < -0.3 is 10.5 Å². The van der Waals surface area contributed by atoms with Gasteiger partial charge in [0.15, 0.2) is 5.17 Å². The highest BCUT2D eigenvalue weighted by Gasteiger charge is 2.52. The molecule has 2 heterocycles. The summed E-state index contributed by atoms with van der Waals surface area (Å²) in [4.78, 5) is 4.68. The van der Waals surface area contributed by atoms with Gasteiger partial charge in [-0.1, -0.05) is 48.2 Å². The second-order valence-electron chi connectivity index (χ2n) is 6.37. The van der Waals surface area contributed by atoms with Crippen LogP contribution in [0.4, 0.5) is 4.39 Å². The van der Waals surface area contributed by atoms with Gasteiger partial charge >= 0.3 is 0 Å². The van der Waals surface area contributed by atoms with E-state index in [2.05, 4.69) is 4.99 Å². The number of ether oxygens (including phenoxy) is 1. The van der Waals surface area contributed by atoms with E-state index in [4.69, 9.17) is 10.5 Å². The fraction of sp³-hybridized carbons (Fsp3) is 0.316. The molecule has 2 N–H and O–H groups in total. The summed E-state index contributed by atoms with van der Waals surface area (Å²) in [6.45, 7) is 2.40. The number of thioether (sulfide) groups is 1. The van der Waals surface area contributed by atoms with E-state index in [0.717, 1.165) is 16.9 Å². The molecule has 1 saturated heterocycles. The Morgan fingerprint density at radius 3 is 2.79 bits per heavy atom. The highest BCUT2D eigenvalue weighted by molar-refractivity contribution is 8.13. The Morgan fingerprint density at radius 1 is 1.21 bits per heavy atom. The summed E-state index contributed by atoms with van der Waals surface area (Å²) in [5, 5.41) is 0.508. The van der Waals surface area contributed by atoms with E-state index in [9.17, 15) is 4.39 Å². The molecule has 2 aliphatic heterocycles. The van der Waals surface area contributed by atoms with E-state index in [0.29, 0.717) is 17.3 Å². The monoisotopic (exact) mass is 342 g/mol. The number of aliphatic imine (C=N–C) groups is 1. The third kappa shape index (κ3) is 2.43. The van der Waals surface area contributed by atoms with Gasteiger partial charge in [0.1, 0.15) is 11.4 Å². The summed E-state index contributed by atoms with van der Waals surface area (Å²) in [6, 6.07) is 15.2. The first-order valence-electron chi connectivity index (χ1n) is 8.05. The maximum absolute atomic E-state index is 14.8. The standard InChI is InChI=1S/C19H19FN2OS/c1-12-16-10-24-18(21)22-19(16,11-23-12)15-9-14(7-8-17(15)20)13-5-3-2-4-6-13/h2-9,12,16H,10-11H2,1H3,(H2,21,22). The van der Waals surface area contributed by atoms with Crippen LogP contribution >= 0.6 is 11.8 Å². The van der Waals surface area contributed by atoms with Crippen molar-refractivity contribution in [1.29, 1.82) is 0 Å². The van der Waals surface area contributed by atoms with E-state index < -0.39 is 5.54 Å². The SMILES string of the molecule is CC1OCC2(c3cc(-c4ccccc4)ccc3F)N=C(N)SCC12. The van der Waals surface area contributed by atoms with Gasteiger partial charge in [0.25, 0.3) is 0 Å². The molecule has 4 rings (SSSR count). The Bertz CT molecular complexity index is 795. The number of amidine groups is 1. The van der Waals surface area contributed by atoms with Crippen molar-refractivity contribution in [3.63, 3.8) is 0 Å². The molecule has 0 amide bonds. The van der Waals surface area contributed by atoms with Crippen LogP contribution in [-0.4, -0.2) is 23.6 Å². The van der Waals surface area contributed by atoms with Crippen LogP contribution in [0.5, 0.6) is 0 Å². The van der Waals surface area contributed by atoms with Gasteiger partial charge in [0.05, 0.1) is 12.7 Å². The Hall–Kier alpha value is -1.85. The molecule has 0 aromatic heterocycles. The summed E-state index contributed by atoms with van der Waals surface area (Å²) >= 11 is 1.52. The third-order valence-electron chi connectivity index (χ3n) is 5.01. The van der Waals surface area contributed by atoms with Gasteiger partial charge in [-0.15, -0.1) is 0 Å². The Kier molecular flexibility index (Phi) is 3.85. The molecule has 2 aromatic carbocycles. The first kappa shape index (κ1) is 15.7. The summed E-state index contributed by atoms with van der Waals surface area (Å²) in [6.07, 6.45) is 0.0362. The smallest absolute Gasteiger partial charge is 0.154 e. The largest absolute Gasteiger partial charge is 0.379 e. The van der Waals surface area contributed by atoms with Crippen molar-refractivity contribution in [2.75, 3.05) is 12.4 Å². The van der Waals surface area contributed by atoms with E-state index in [-0.39, 0.29) is 17.8 Å². The van der Waals surface area contributed by atoms with Crippen LogP contribution in [0, 0.1) is 11.7 Å². The molecular formula is C19H19FN2OS. The van der Waals surface area contributed by atoms with Crippen molar-refractivity contribution >= 4 is 16.9 Å². The van der Waals surface area contributed by atoms with Gasteiger partial charge in [-0.2, -0.15) is 0 Å². The molecule has 0 spiro atoms. The van der Waals surface area contributed by atoms with Gasteiger partial charge in [-0.05, 0) is 30.2 Å². The second-order valence-corrected chi connectivity index (χ2v) is 7.41. The van der Waals surface area contributed by atoms with Gasteiger partial charge in [-0.3, -0.25) is 0 Å². The highest BCUT2D eigenvalue weighted by Crippen LogP contribution is 2.48. The van der Waals surface area contributed by atoms with E-state index in [1.54, 1.807) is 0 Å². The number of fused-ring (bicyclic) bond motifs is 1. The maximum atomic E-state index is 14.8. The molecule has 3 unspecified atom stereocenters. The van der Waals surface area contributed by atoms with Gasteiger partial charge in [0.2, 0.25) is 0 Å². The van der Waals surface area contributed by atoms with Crippen LogP contribution in [0.3, 0.4) is 0 Å². The molecule has 3 atom stereocenters. The van der Waals surface area contributed by atoms with Gasteiger partial charge in [-0.25, -0.2) is 9.38 Å². The molecule has 0 aliphatic carbocycles. The molecule has 0 radical (unpaired) electrons. The number of rotatable bonds is 2. The van der Waals surface area contributed by atoms with Gasteiger partial charge in [0, 0.05) is 17.2 Å². The molecule has 3 nitrogen and oxygen atoms in total. The average Bonchev–Trinajstić information content (AvgIpc) is 2.93. The quantitative estimate of drug-likeness (QED) is 0.903. The number of hydrogen-bond donors (Lipinski definition) is 1. The molecule has 0 bridgehead atoms. The predicted octanol–water partition coefficient (Wildman–Crippen LogP) is 3.78. The summed E-state index contributed by atoms with van der Waals surface area (Å²) in [5.74, 6) is 0.669. The second kappa shape index (κ2) is 5.90. The first-order valence-corrected chi connectivity index (χ1v) is 9.04. The first-order chi connectivity index (χ1) is 11.6. The zero-order valence-electron chi connectivity index (χ0n) is 13.4. The molecular weight excluding hydrogens is 323 g/mol. The molecule has 1 fully saturated rings. The van der Waals surface area contributed by atoms with Crippen LogP contribution in [0.2, 0.25) is 0 Å². The lowest BCUT2D eigenvalue weighted by atomic mass is 9.78. The minimum absolute atomic E-state index is 0.0362. The van der Waals surface area contributed by atoms with E-state index >= 15 is 0 Å². The Balaban J connectivity index is 1.87. The van der Waals surface area contributed by atoms with Crippen molar-refractivity contribution in [1.82, 2.24) is 0 Å². The normalized spacial score (nSPS) is 29.2. The van der Waals surface area contributed by atoms with Crippen molar-refractivity contribution < 1.29 is 9.13 Å². The molecule has 2 aliphatic rings. The molecule has 24 heavy (non-hydrogen) atoms. The Labute approximate surface area is 145 Å². The lowest BCUT2D eigenvalue weighted by Crippen LogP contribution is -2.41. The highest BCUT2D eigenvalue weighted by atomic mass is 32.2. The number of nitrogens with two attached hydrogens (primary N) is 1. The minimum Gasteiger partial charge on any atom is -0.379 e. The van der Waals surface area contributed by atoms with Crippen LogP contribution in [0.25, 0.3) is 11.1 Å². The van der Waals surface area contributed by atoms with Crippen LogP contribution in [0.1, 0.15) is 12.5 Å². The topological polar surface area (TPSA) is 47.6 Å². The molecule has 124 valence electrons. The van der Waals surface area contributed by atoms with E-state index in [1.807, 2.05) is 49.4 Å². The van der Waals surface area contributed by atoms with Crippen LogP contribution < -0.4 is 5.73 Å². The minimum atomic E-state index is -0.719. The fourth-order valence-electron chi connectivity index (χ4n) is 3.67. The van der Waals surface area contributed by atoms with Crippen molar-refractivity contribution in [3.8, 4) is 11.1 Å². The summed E-state index contributed by atoms with van der Waals surface area (Å²) in [5.41, 5.74) is 7.89. The third-order valence-corrected chi connectivity index (χ3v) is 5.92. The molecule has 5 heteroatoms. The Morgan fingerprint density at radius 2 is 2.00 bits per heavy atom. The zero-order valence-corrected chi connectivity index (χ0v) is 14.2. The maximum Gasteiger partial charge on any atom is 0.154 e. The van der Waals surface area contributed by atoms with Crippen LogP contribution in [-0.2, 0) is 10.3 Å². The lowest BCUT2D eigenvalue weighted by molar-refractivity contribution is 0.107. The predicted molar refractivity (Wildman–Crippen MR) is 96.5 cm³/mol. The lowest BCUT2D eigenvalue weighted by Gasteiger charge is -2.35. The number of halogens is 1. The number of nitrogens with zero attached hydrogens (tertiary/aromatic N) is 1. The molecule has 0 saturated carbocycles. The van der Waals surface area contributed by atoms with E-state index in [1.165, 1.54) is 17.8 Å². The van der Waals surface area contributed by atoms with Crippen LogP contribution in [0.15, 0.2) is 53.5 Å². The zero-order chi connectivity index (χ0) is 16.7. The average molecular weight is 342 g/mol. The number of hydrogen-bond acceptors (Lipinski definition) is 4.